The third kappa shape index (κ3) is 2.06. The molecular weight excluding hydrogens is 236 g/mol. The molecule has 0 aromatic rings. The quantitative estimate of drug-likeness (QED) is 0.811. The first-order chi connectivity index (χ1) is 8.01. The third-order valence-electron chi connectivity index (χ3n) is 4.25. The lowest BCUT2D eigenvalue weighted by atomic mass is 9.72. The molecule has 0 aromatic heterocycles. The molecule has 0 spiro atoms. The molecule has 17 heavy (non-hydrogen) atoms. The van der Waals surface area contributed by atoms with Crippen LogP contribution in [0, 0.1) is 11.8 Å². The van der Waals surface area contributed by atoms with Crippen LogP contribution in [0.2, 0.25) is 0 Å². The van der Waals surface area contributed by atoms with Crippen LogP contribution < -0.4 is 4.72 Å². The van der Waals surface area contributed by atoms with E-state index in [-0.39, 0.29) is 5.92 Å². The van der Waals surface area contributed by atoms with Gasteiger partial charge in [-0.15, -0.1) is 0 Å². The highest BCUT2D eigenvalue weighted by atomic mass is 32.2. The van der Waals surface area contributed by atoms with Gasteiger partial charge in [0.15, 0.2) is 0 Å². The van der Waals surface area contributed by atoms with E-state index in [4.69, 9.17) is 0 Å². The minimum Gasteiger partial charge on any atom is -0.293 e. The Morgan fingerprint density at radius 3 is 2.94 bits per heavy atom. The van der Waals surface area contributed by atoms with E-state index in [0.29, 0.717) is 12.5 Å². The van der Waals surface area contributed by atoms with Crippen molar-refractivity contribution in [1.29, 1.82) is 0 Å². The molecule has 3 atom stereocenters. The molecule has 1 N–H and O–H groups in total. The predicted octanol–water partition coefficient (Wildman–Crippen LogP) is 1.35. The number of nitrogens with one attached hydrogen (secondary N) is 1. The Labute approximate surface area is 103 Å². The largest absolute Gasteiger partial charge is 0.293 e. The van der Waals surface area contributed by atoms with E-state index >= 15 is 0 Å². The van der Waals surface area contributed by atoms with Gasteiger partial charge in [0.05, 0.1) is 4.75 Å². The van der Waals surface area contributed by atoms with Gasteiger partial charge < -0.3 is 0 Å². The Hall–Kier alpha value is -0.680. The number of hydrogen-bond donors (Lipinski definition) is 1. The van der Waals surface area contributed by atoms with Crippen molar-refractivity contribution in [3.8, 4) is 0 Å². The van der Waals surface area contributed by atoms with Crippen molar-refractivity contribution >= 4 is 16.2 Å². The van der Waals surface area contributed by atoms with Crippen molar-refractivity contribution in [3.05, 3.63) is 12.2 Å². The van der Waals surface area contributed by atoms with E-state index in [1.807, 2.05) is 13.0 Å². The second-order valence-corrected chi connectivity index (χ2v) is 7.43. The summed E-state index contributed by atoms with van der Waals surface area (Å²) in [6.07, 6.45) is 8.60. The lowest BCUT2D eigenvalue weighted by Crippen LogP contribution is -2.53. The molecule has 4 nitrogen and oxygen atoms in total. The van der Waals surface area contributed by atoms with Gasteiger partial charge in [0.25, 0.3) is 0 Å². The molecule has 1 saturated carbocycles. The molecule has 0 aromatic carbocycles. The van der Waals surface area contributed by atoms with Crippen molar-refractivity contribution < 1.29 is 8.42 Å². The molecule has 3 unspecified atom stereocenters. The highest BCUT2D eigenvalue weighted by molar-refractivity contribution is 7.90. The standard InChI is InChI=1S/C12H20N2O2S/c1-12(17(15,16)13-2)7-3-5-10-6-4-8-14-9-11(10)12/h4,6,8,10-11,13H,3,5,7,9H2,1-2H3. The Bertz CT molecular complexity index is 441. The minimum absolute atomic E-state index is 0.0868. The van der Waals surface area contributed by atoms with Crippen LogP contribution in [0.15, 0.2) is 17.1 Å². The van der Waals surface area contributed by atoms with Crippen molar-refractivity contribution in [2.45, 2.75) is 30.9 Å². The van der Waals surface area contributed by atoms with Gasteiger partial charge in [-0.3, -0.25) is 4.99 Å². The van der Waals surface area contributed by atoms with Gasteiger partial charge in [0.1, 0.15) is 0 Å². The van der Waals surface area contributed by atoms with Gasteiger partial charge in [-0.05, 0) is 38.8 Å². The first-order valence-corrected chi connectivity index (χ1v) is 7.59. The van der Waals surface area contributed by atoms with Gasteiger partial charge >= 0.3 is 0 Å². The van der Waals surface area contributed by atoms with E-state index in [1.165, 1.54) is 7.05 Å². The van der Waals surface area contributed by atoms with E-state index in [0.717, 1.165) is 19.3 Å². The van der Waals surface area contributed by atoms with Crippen LogP contribution in [-0.2, 0) is 10.0 Å². The van der Waals surface area contributed by atoms with Crippen molar-refractivity contribution in [2.24, 2.45) is 16.8 Å². The fourth-order valence-electron chi connectivity index (χ4n) is 3.08. The van der Waals surface area contributed by atoms with Crippen LogP contribution in [0.5, 0.6) is 0 Å². The predicted molar refractivity (Wildman–Crippen MR) is 69.7 cm³/mol. The Kier molecular flexibility index (Phi) is 3.41. The summed E-state index contributed by atoms with van der Waals surface area (Å²) in [5.41, 5.74) is 0. The average molecular weight is 256 g/mol. The number of allylic oxidation sites excluding steroid dienone is 2. The molecule has 1 aliphatic heterocycles. The first kappa shape index (κ1) is 12.8. The lowest BCUT2D eigenvalue weighted by Gasteiger charge is -2.43. The van der Waals surface area contributed by atoms with Crippen LogP contribution in [0.1, 0.15) is 26.2 Å². The zero-order chi connectivity index (χ0) is 12.5. The van der Waals surface area contributed by atoms with Crippen LogP contribution in [-0.4, -0.2) is 33.0 Å². The normalized spacial score (nSPS) is 37.5. The van der Waals surface area contributed by atoms with Crippen LogP contribution in [0.3, 0.4) is 0 Å². The monoisotopic (exact) mass is 256 g/mol. The first-order valence-electron chi connectivity index (χ1n) is 6.11. The molecule has 0 bridgehead atoms. The summed E-state index contributed by atoms with van der Waals surface area (Å²) in [7, 11) is -1.77. The smallest absolute Gasteiger partial charge is 0.217 e. The summed E-state index contributed by atoms with van der Waals surface area (Å²) < 4.78 is 26.3. The Morgan fingerprint density at radius 1 is 1.47 bits per heavy atom. The summed E-state index contributed by atoms with van der Waals surface area (Å²) in [6, 6.07) is 0. The van der Waals surface area contributed by atoms with Crippen LogP contribution in [0.4, 0.5) is 0 Å². The number of hydrogen-bond acceptors (Lipinski definition) is 3. The Balaban J connectivity index is 2.40. The topological polar surface area (TPSA) is 58.5 Å². The summed E-state index contributed by atoms with van der Waals surface area (Å²) in [4.78, 5) is 4.29. The van der Waals surface area contributed by atoms with Gasteiger partial charge in [-0.1, -0.05) is 12.5 Å². The molecule has 0 amide bonds. The molecule has 0 saturated heterocycles. The van der Waals surface area contributed by atoms with Gasteiger partial charge in [-0.25, -0.2) is 13.1 Å². The SMILES string of the molecule is CNS(=O)(=O)C1(C)CCCC2C=CC=NCC21. The second kappa shape index (κ2) is 4.53. The van der Waals surface area contributed by atoms with E-state index < -0.39 is 14.8 Å². The zero-order valence-corrected chi connectivity index (χ0v) is 11.2. The zero-order valence-electron chi connectivity index (χ0n) is 10.4. The molecule has 1 heterocycles. The summed E-state index contributed by atoms with van der Waals surface area (Å²) >= 11 is 0. The molecule has 0 radical (unpaired) electrons. The molecule has 2 aliphatic rings. The Morgan fingerprint density at radius 2 is 2.24 bits per heavy atom. The van der Waals surface area contributed by atoms with E-state index in [1.54, 1.807) is 6.21 Å². The molecule has 1 fully saturated rings. The van der Waals surface area contributed by atoms with Crippen LogP contribution >= 0.6 is 0 Å². The average Bonchev–Trinajstić information content (AvgIpc) is 2.55. The number of rotatable bonds is 2. The molecule has 1 aliphatic carbocycles. The molecular formula is C12H20N2O2S. The third-order valence-corrected chi connectivity index (χ3v) is 6.52. The van der Waals surface area contributed by atoms with Crippen molar-refractivity contribution in [1.82, 2.24) is 4.72 Å². The van der Waals surface area contributed by atoms with Gasteiger partial charge in [0.2, 0.25) is 10.0 Å². The number of nitrogens with zero attached hydrogens (tertiary/aromatic N) is 1. The van der Waals surface area contributed by atoms with Gasteiger partial charge in [-0.2, -0.15) is 0 Å². The molecule has 5 heteroatoms. The van der Waals surface area contributed by atoms with Crippen molar-refractivity contribution in [3.63, 3.8) is 0 Å². The number of aliphatic imine (C=N–C) groups is 1. The fourth-order valence-corrected chi connectivity index (χ4v) is 4.61. The maximum atomic E-state index is 12.3. The number of fused-ring (bicyclic) bond motifs is 1. The second-order valence-electron chi connectivity index (χ2n) is 5.08. The highest BCUT2D eigenvalue weighted by Gasteiger charge is 2.49. The van der Waals surface area contributed by atoms with Crippen molar-refractivity contribution in [2.75, 3.05) is 13.6 Å². The van der Waals surface area contributed by atoms with Crippen LogP contribution in [0.25, 0.3) is 0 Å². The van der Waals surface area contributed by atoms with E-state index in [9.17, 15) is 8.42 Å². The molecule has 2 rings (SSSR count). The van der Waals surface area contributed by atoms with E-state index in [2.05, 4.69) is 15.8 Å². The minimum atomic E-state index is -3.27. The number of sulfonamides is 1. The lowest BCUT2D eigenvalue weighted by molar-refractivity contribution is 0.225. The maximum absolute atomic E-state index is 12.3. The van der Waals surface area contributed by atoms with Gasteiger partial charge in [0, 0.05) is 18.7 Å². The highest BCUT2D eigenvalue weighted by Crippen LogP contribution is 2.43. The molecule has 96 valence electrons. The summed E-state index contributed by atoms with van der Waals surface area (Å²) in [5.74, 6) is 0.420. The summed E-state index contributed by atoms with van der Waals surface area (Å²) in [5, 5.41) is 0. The maximum Gasteiger partial charge on any atom is 0.217 e. The summed E-state index contributed by atoms with van der Waals surface area (Å²) in [6.45, 7) is 2.47. The fraction of sp³-hybridized carbons (Fsp3) is 0.750.